The van der Waals surface area contributed by atoms with E-state index in [4.69, 9.17) is 37.9 Å². The van der Waals surface area contributed by atoms with Crippen molar-refractivity contribution in [3.8, 4) is 0 Å². The molecule has 0 radical (unpaired) electrons. The van der Waals surface area contributed by atoms with E-state index in [-0.39, 0.29) is 6.61 Å². The fraction of sp³-hybridized carbons (Fsp3) is 0.818. The van der Waals surface area contributed by atoms with Gasteiger partial charge in [0.2, 0.25) is 0 Å². The van der Waals surface area contributed by atoms with Crippen molar-refractivity contribution in [1.29, 1.82) is 0 Å². The Bertz CT molecular complexity index is 1540. The summed E-state index contributed by atoms with van der Waals surface area (Å²) >= 11 is 0. The predicted molar refractivity (Wildman–Crippen MR) is 226 cm³/mol. The lowest BCUT2D eigenvalue weighted by atomic mass is 9.96. The summed E-state index contributed by atoms with van der Waals surface area (Å²) in [7, 11) is 0. The van der Waals surface area contributed by atoms with Gasteiger partial charge in [-0.3, -0.25) is 0 Å². The molecular weight excluding hydrogens is 864 g/mol. The van der Waals surface area contributed by atoms with Gasteiger partial charge in [0.05, 0.1) is 38.1 Å². The molecular formula is C44H74O21. The second-order valence-electron chi connectivity index (χ2n) is 17.7. The van der Waals surface area contributed by atoms with Gasteiger partial charge in [0.15, 0.2) is 25.2 Å². The van der Waals surface area contributed by atoms with E-state index in [1.807, 2.05) is 26.8 Å². The molecule has 21 heteroatoms. The molecule has 0 spiro atoms. The number of ether oxygens (including phenoxy) is 8. The maximum atomic E-state index is 11.3. The molecule has 0 unspecified atom stereocenters. The minimum atomic E-state index is -1.76. The smallest absolute Gasteiger partial charge is 0.187 e. The van der Waals surface area contributed by atoms with E-state index < -0.39 is 148 Å². The first-order chi connectivity index (χ1) is 30.7. The van der Waals surface area contributed by atoms with Crippen molar-refractivity contribution in [1.82, 2.24) is 0 Å². The van der Waals surface area contributed by atoms with Crippen LogP contribution in [0.1, 0.15) is 73.1 Å². The third-order valence-electron chi connectivity index (χ3n) is 12.4. The van der Waals surface area contributed by atoms with Crippen molar-refractivity contribution in [2.24, 2.45) is 0 Å². The maximum absolute atomic E-state index is 11.3. The van der Waals surface area contributed by atoms with Crippen LogP contribution in [0, 0.1) is 0 Å². The summed E-state index contributed by atoms with van der Waals surface area (Å²) in [5.41, 5.74) is 2.16. The Morgan fingerprint density at radius 2 is 1.02 bits per heavy atom. The second-order valence-corrected chi connectivity index (χ2v) is 17.7. The van der Waals surface area contributed by atoms with Crippen LogP contribution in [0.2, 0.25) is 0 Å². The average molecular weight is 939 g/mol. The molecule has 376 valence electrons. The first kappa shape index (κ1) is 55.7. The molecule has 0 aromatic rings. The zero-order valence-electron chi connectivity index (χ0n) is 37.7. The van der Waals surface area contributed by atoms with Gasteiger partial charge in [0.25, 0.3) is 0 Å². The van der Waals surface area contributed by atoms with Crippen molar-refractivity contribution in [3.63, 3.8) is 0 Å². The average Bonchev–Trinajstić information content (AvgIpc) is 3.28. The zero-order chi connectivity index (χ0) is 48.3. The molecule has 4 fully saturated rings. The first-order valence-corrected chi connectivity index (χ1v) is 22.2. The van der Waals surface area contributed by atoms with Crippen molar-refractivity contribution in [2.45, 2.75) is 202 Å². The predicted octanol–water partition coefficient (Wildman–Crippen LogP) is -2.58. The van der Waals surface area contributed by atoms with Crippen LogP contribution in [0.4, 0.5) is 0 Å². The standard InChI is InChI=1S/C44H74O21/c1-7-44(6,65-42-38(57)34(53)30(49)26(18-46)62-42)16-10-15-22(3)12-8-11-21(2)13-9-14-23(4)19-58-43-39(64-41-37(56)32(51)28(47)24(5)60-41)35(54)31(50)27(63-43)20-59-40-36(55)33(52)29(48)25(17-45)61-40/h7,11,14-15,24-43,45-57H,1,8-10,12-13,16-20H2,2-6H3/b21-11+,22-15+,23-14-/t24-,25+,26+,27+,28-,29+,30+,31+,32+,33-,34-,35-,36+,37+,38+,39+,40+,41-,42-,43+,44+/m0/s1. The number of hydrogen-bond donors (Lipinski definition) is 13. The molecule has 4 saturated heterocycles. The summed E-state index contributed by atoms with van der Waals surface area (Å²) in [6.45, 7) is 11.1. The summed E-state index contributed by atoms with van der Waals surface area (Å²) in [5, 5.41) is 134. The summed E-state index contributed by atoms with van der Waals surface area (Å²) in [4.78, 5) is 0. The second kappa shape index (κ2) is 25.6. The third kappa shape index (κ3) is 14.8. The Hall–Kier alpha value is -1.88. The van der Waals surface area contributed by atoms with Gasteiger partial charge in [-0.2, -0.15) is 0 Å². The van der Waals surface area contributed by atoms with E-state index in [2.05, 4.69) is 18.7 Å². The van der Waals surface area contributed by atoms with Crippen LogP contribution < -0.4 is 0 Å². The summed E-state index contributed by atoms with van der Waals surface area (Å²) in [6, 6.07) is 0. The lowest BCUT2D eigenvalue weighted by Crippen LogP contribution is -2.64. The topological polar surface area (TPSA) is 337 Å². The monoisotopic (exact) mass is 938 g/mol. The fourth-order valence-electron chi connectivity index (χ4n) is 7.81. The Morgan fingerprint density at radius 3 is 1.58 bits per heavy atom. The zero-order valence-corrected chi connectivity index (χ0v) is 37.7. The third-order valence-corrected chi connectivity index (χ3v) is 12.4. The van der Waals surface area contributed by atoms with Gasteiger partial charge < -0.3 is 104 Å². The summed E-state index contributed by atoms with van der Waals surface area (Å²) in [6.07, 6.45) is -18.0. The van der Waals surface area contributed by atoms with Crippen LogP contribution in [0.3, 0.4) is 0 Å². The maximum Gasteiger partial charge on any atom is 0.187 e. The highest BCUT2D eigenvalue weighted by molar-refractivity contribution is 5.07. The number of aliphatic hydroxyl groups excluding tert-OH is 13. The number of allylic oxidation sites excluding steroid dienone is 5. The highest BCUT2D eigenvalue weighted by Gasteiger charge is 2.52. The van der Waals surface area contributed by atoms with E-state index in [0.717, 1.165) is 36.0 Å². The van der Waals surface area contributed by atoms with Crippen LogP contribution in [-0.4, -0.2) is 221 Å². The van der Waals surface area contributed by atoms with Gasteiger partial charge in [-0.05, 0) is 73.1 Å². The molecule has 4 heterocycles. The molecule has 21 atom stereocenters. The molecule has 0 aromatic heterocycles. The molecule has 4 rings (SSSR count). The van der Waals surface area contributed by atoms with Crippen molar-refractivity contribution < 1.29 is 104 Å². The van der Waals surface area contributed by atoms with Gasteiger partial charge >= 0.3 is 0 Å². The molecule has 0 saturated carbocycles. The molecule has 4 aliphatic rings. The number of rotatable bonds is 22. The summed E-state index contributed by atoms with van der Waals surface area (Å²) < 4.78 is 45.9. The van der Waals surface area contributed by atoms with E-state index in [0.29, 0.717) is 19.3 Å². The lowest BCUT2D eigenvalue weighted by molar-refractivity contribution is -0.369. The van der Waals surface area contributed by atoms with E-state index in [1.165, 1.54) is 6.92 Å². The molecule has 21 nitrogen and oxygen atoms in total. The van der Waals surface area contributed by atoms with Crippen molar-refractivity contribution >= 4 is 0 Å². The molecule has 0 bridgehead atoms. The van der Waals surface area contributed by atoms with Gasteiger partial charge in [-0.1, -0.05) is 41.0 Å². The van der Waals surface area contributed by atoms with Crippen molar-refractivity contribution in [3.05, 3.63) is 47.6 Å². The minimum absolute atomic E-state index is 0.0370. The van der Waals surface area contributed by atoms with Crippen LogP contribution in [0.25, 0.3) is 0 Å². The number of aliphatic hydroxyl groups is 13. The van der Waals surface area contributed by atoms with Gasteiger partial charge in [0.1, 0.15) is 91.6 Å². The Balaban J connectivity index is 1.30. The van der Waals surface area contributed by atoms with Gasteiger partial charge in [-0.25, -0.2) is 0 Å². The Kier molecular flexibility index (Phi) is 22.0. The van der Waals surface area contributed by atoms with Crippen LogP contribution in [-0.2, 0) is 37.9 Å². The van der Waals surface area contributed by atoms with Crippen molar-refractivity contribution in [2.75, 3.05) is 26.4 Å². The first-order valence-electron chi connectivity index (χ1n) is 22.2. The van der Waals surface area contributed by atoms with E-state index in [9.17, 15) is 66.4 Å². The molecule has 65 heavy (non-hydrogen) atoms. The Labute approximate surface area is 379 Å². The lowest BCUT2D eigenvalue weighted by Gasteiger charge is -2.46. The number of hydrogen-bond acceptors (Lipinski definition) is 21. The molecule has 0 amide bonds. The van der Waals surface area contributed by atoms with Crippen LogP contribution in [0.15, 0.2) is 47.6 Å². The molecule has 4 aliphatic heterocycles. The van der Waals surface area contributed by atoms with E-state index >= 15 is 0 Å². The summed E-state index contributed by atoms with van der Waals surface area (Å²) in [5.74, 6) is 0. The van der Waals surface area contributed by atoms with Crippen LogP contribution >= 0.6 is 0 Å². The highest BCUT2D eigenvalue weighted by Crippen LogP contribution is 2.32. The molecule has 13 N–H and O–H groups in total. The van der Waals surface area contributed by atoms with Gasteiger partial charge in [0, 0.05) is 0 Å². The molecule has 0 aromatic carbocycles. The minimum Gasteiger partial charge on any atom is -0.394 e. The quantitative estimate of drug-likeness (QED) is 0.0496. The molecule has 0 aliphatic carbocycles. The fourth-order valence-corrected chi connectivity index (χ4v) is 7.81. The highest BCUT2D eigenvalue weighted by atomic mass is 16.8. The SMILES string of the molecule is C=C[C@](C)(CC/C=C(\C)CC/C=C(\C)CC/C=C(/C)CO[C@@H]1O[C@H](CO[C@@H]2O[C@H](CO)[C@@H](O)[C@H](O)[C@H]2O)[C@@H](O)[C@H](O)[C@H]1O[C@@H]1O[C@@H](C)[C@H](O)[C@@H](O)[C@H]1O)O[C@@H]1O[C@H](CO)[C@@H](O)[C@H](O)[C@H]1O. The largest absolute Gasteiger partial charge is 0.394 e. The van der Waals surface area contributed by atoms with E-state index in [1.54, 1.807) is 13.0 Å². The Morgan fingerprint density at radius 1 is 0.538 bits per heavy atom. The normalized spacial score (nSPS) is 42.2. The van der Waals surface area contributed by atoms with Crippen LogP contribution in [0.5, 0.6) is 0 Å². The van der Waals surface area contributed by atoms with Gasteiger partial charge in [-0.15, -0.1) is 6.58 Å².